The third-order valence-electron chi connectivity index (χ3n) is 2.82. The number of aromatic nitrogens is 2. The van der Waals surface area contributed by atoms with Gasteiger partial charge in [-0.05, 0) is 49.1 Å². The molecule has 0 aliphatic rings. The normalized spacial score (nSPS) is 12.6. The Morgan fingerprint density at radius 3 is 2.47 bits per heavy atom. The molecule has 0 saturated heterocycles. The lowest BCUT2D eigenvalue weighted by atomic mass is 10.0. The van der Waals surface area contributed by atoms with Gasteiger partial charge in [0.25, 0.3) is 0 Å². The monoisotopic (exact) mass is 283 g/mol. The number of likely N-dealkylation sites (N-methyl/N-ethyl adjacent to an activating group) is 1. The van der Waals surface area contributed by atoms with Crippen LogP contribution in [0.4, 0.5) is 8.78 Å². The fourth-order valence-electron chi connectivity index (χ4n) is 2.03. The van der Waals surface area contributed by atoms with E-state index >= 15 is 0 Å². The van der Waals surface area contributed by atoms with Crippen LogP contribution >= 0.6 is 11.5 Å². The minimum absolute atomic E-state index is 0.0220. The van der Waals surface area contributed by atoms with Crippen LogP contribution in [0.15, 0.2) is 18.2 Å². The number of rotatable bonds is 5. The van der Waals surface area contributed by atoms with E-state index in [2.05, 4.69) is 14.9 Å². The van der Waals surface area contributed by atoms with Crippen LogP contribution < -0.4 is 5.32 Å². The second-order valence-electron chi connectivity index (χ2n) is 4.31. The predicted octanol–water partition coefficient (Wildman–Crippen LogP) is 3.02. The van der Waals surface area contributed by atoms with Gasteiger partial charge in [-0.3, -0.25) is 0 Å². The average molecular weight is 283 g/mol. The van der Waals surface area contributed by atoms with E-state index in [1.54, 1.807) is 0 Å². The molecule has 19 heavy (non-hydrogen) atoms. The van der Waals surface area contributed by atoms with Crippen LogP contribution in [0.3, 0.4) is 0 Å². The van der Waals surface area contributed by atoms with Crippen LogP contribution in [-0.2, 0) is 6.42 Å². The van der Waals surface area contributed by atoms with Gasteiger partial charge in [-0.15, -0.1) is 5.10 Å². The van der Waals surface area contributed by atoms with Crippen LogP contribution in [-0.4, -0.2) is 16.1 Å². The summed E-state index contributed by atoms with van der Waals surface area (Å²) in [5.41, 5.74) is 1.48. The summed E-state index contributed by atoms with van der Waals surface area (Å²) in [6.45, 7) is 4.64. The SMILES string of the molecule is CCNC(Cc1cc(F)cc(F)c1)c1snnc1C. The number of hydrogen-bond donors (Lipinski definition) is 1. The minimum atomic E-state index is -0.551. The van der Waals surface area contributed by atoms with Gasteiger partial charge in [0, 0.05) is 12.1 Å². The van der Waals surface area contributed by atoms with Gasteiger partial charge in [0.2, 0.25) is 0 Å². The maximum absolute atomic E-state index is 13.2. The van der Waals surface area contributed by atoms with E-state index in [0.29, 0.717) is 12.0 Å². The van der Waals surface area contributed by atoms with Gasteiger partial charge in [-0.1, -0.05) is 11.4 Å². The average Bonchev–Trinajstić information content (AvgIpc) is 2.73. The molecule has 0 saturated carbocycles. The molecule has 1 N–H and O–H groups in total. The van der Waals surface area contributed by atoms with Gasteiger partial charge in [0.15, 0.2) is 0 Å². The molecule has 0 aliphatic carbocycles. The summed E-state index contributed by atoms with van der Waals surface area (Å²) in [4.78, 5) is 1.01. The highest BCUT2D eigenvalue weighted by Crippen LogP contribution is 2.24. The van der Waals surface area contributed by atoms with Crippen molar-refractivity contribution in [2.45, 2.75) is 26.3 Å². The first-order valence-electron chi connectivity index (χ1n) is 6.07. The Morgan fingerprint density at radius 1 is 1.26 bits per heavy atom. The number of hydrogen-bond acceptors (Lipinski definition) is 4. The molecular weight excluding hydrogens is 268 g/mol. The lowest BCUT2D eigenvalue weighted by Crippen LogP contribution is -2.23. The number of benzene rings is 1. The first-order chi connectivity index (χ1) is 9.10. The third kappa shape index (κ3) is 3.54. The zero-order chi connectivity index (χ0) is 13.8. The maximum Gasteiger partial charge on any atom is 0.126 e. The topological polar surface area (TPSA) is 37.8 Å². The van der Waals surface area contributed by atoms with Crippen molar-refractivity contribution in [3.05, 3.63) is 46.0 Å². The molecule has 0 fully saturated rings. The summed E-state index contributed by atoms with van der Waals surface area (Å²) in [6.07, 6.45) is 0.507. The Balaban J connectivity index is 2.23. The Bertz CT molecular complexity index is 536. The van der Waals surface area contributed by atoms with Crippen molar-refractivity contribution in [3.8, 4) is 0 Å². The minimum Gasteiger partial charge on any atom is -0.309 e. The van der Waals surface area contributed by atoms with Crippen molar-refractivity contribution in [3.63, 3.8) is 0 Å². The van der Waals surface area contributed by atoms with Crippen LogP contribution in [0.1, 0.15) is 29.1 Å². The molecule has 3 nitrogen and oxygen atoms in total. The summed E-state index contributed by atoms with van der Waals surface area (Å²) in [7, 11) is 0. The Morgan fingerprint density at radius 2 is 1.95 bits per heavy atom. The van der Waals surface area contributed by atoms with Crippen molar-refractivity contribution in [2.24, 2.45) is 0 Å². The molecule has 1 unspecified atom stereocenters. The van der Waals surface area contributed by atoms with Gasteiger partial charge in [-0.2, -0.15) is 0 Å². The molecular formula is C13H15F2N3S. The van der Waals surface area contributed by atoms with Crippen molar-refractivity contribution < 1.29 is 8.78 Å². The highest BCUT2D eigenvalue weighted by molar-refractivity contribution is 7.05. The van der Waals surface area contributed by atoms with E-state index in [1.807, 2.05) is 13.8 Å². The molecule has 1 atom stereocenters. The highest BCUT2D eigenvalue weighted by Gasteiger charge is 2.17. The number of nitrogens with one attached hydrogen (secondary N) is 1. The van der Waals surface area contributed by atoms with E-state index in [1.165, 1.54) is 23.7 Å². The van der Waals surface area contributed by atoms with Crippen molar-refractivity contribution in [2.75, 3.05) is 6.54 Å². The second kappa shape index (κ2) is 6.16. The van der Waals surface area contributed by atoms with Gasteiger partial charge in [-0.25, -0.2) is 8.78 Å². The molecule has 2 rings (SSSR count). The zero-order valence-corrected chi connectivity index (χ0v) is 11.6. The molecule has 0 amide bonds. The standard InChI is InChI=1S/C13H15F2N3S/c1-3-16-12(13-8(2)17-18-19-13)6-9-4-10(14)7-11(15)5-9/h4-5,7,12,16H,3,6H2,1-2H3. The van der Waals surface area contributed by atoms with Crippen LogP contribution in [0.25, 0.3) is 0 Å². The molecule has 2 aromatic rings. The van der Waals surface area contributed by atoms with Crippen molar-refractivity contribution in [1.29, 1.82) is 0 Å². The molecule has 1 heterocycles. The number of halogens is 2. The van der Waals surface area contributed by atoms with Gasteiger partial charge in [0.1, 0.15) is 11.6 Å². The van der Waals surface area contributed by atoms with E-state index in [-0.39, 0.29) is 6.04 Å². The summed E-state index contributed by atoms with van der Waals surface area (Å²) >= 11 is 1.31. The smallest absolute Gasteiger partial charge is 0.126 e. The molecule has 1 aromatic heterocycles. The van der Waals surface area contributed by atoms with Gasteiger partial charge < -0.3 is 5.32 Å². The zero-order valence-electron chi connectivity index (χ0n) is 10.8. The summed E-state index contributed by atoms with van der Waals surface area (Å²) in [6, 6.07) is 3.57. The van der Waals surface area contributed by atoms with E-state index in [9.17, 15) is 8.78 Å². The Kier molecular flexibility index (Phi) is 4.55. The predicted molar refractivity (Wildman–Crippen MR) is 71.1 cm³/mol. The number of aryl methyl sites for hydroxylation is 1. The summed E-state index contributed by atoms with van der Waals surface area (Å²) < 4.78 is 30.3. The van der Waals surface area contributed by atoms with Crippen molar-refractivity contribution in [1.82, 2.24) is 14.9 Å². The lowest BCUT2D eigenvalue weighted by Gasteiger charge is -2.16. The van der Waals surface area contributed by atoms with E-state index in [4.69, 9.17) is 0 Å². The fourth-order valence-corrected chi connectivity index (χ4v) is 2.74. The molecule has 1 aromatic carbocycles. The number of nitrogens with zero attached hydrogens (tertiary/aromatic N) is 2. The van der Waals surface area contributed by atoms with E-state index in [0.717, 1.165) is 23.2 Å². The quantitative estimate of drug-likeness (QED) is 0.916. The van der Waals surface area contributed by atoms with Crippen LogP contribution in [0, 0.1) is 18.6 Å². The highest BCUT2D eigenvalue weighted by atomic mass is 32.1. The molecule has 0 bridgehead atoms. The third-order valence-corrected chi connectivity index (χ3v) is 3.76. The molecule has 0 radical (unpaired) electrons. The summed E-state index contributed by atoms with van der Waals surface area (Å²) in [5, 5.41) is 7.28. The van der Waals surface area contributed by atoms with Crippen molar-refractivity contribution >= 4 is 11.5 Å². The first-order valence-corrected chi connectivity index (χ1v) is 6.84. The lowest BCUT2D eigenvalue weighted by molar-refractivity contribution is 0.542. The van der Waals surface area contributed by atoms with Gasteiger partial charge >= 0.3 is 0 Å². The fraction of sp³-hybridized carbons (Fsp3) is 0.385. The van der Waals surface area contributed by atoms with Gasteiger partial charge in [0.05, 0.1) is 10.6 Å². The van der Waals surface area contributed by atoms with Crippen LogP contribution in [0.2, 0.25) is 0 Å². The molecule has 0 aliphatic heterocycles. The first kappa shape index (κ1) is 14.0. The van der Waals surface area contributed by atoms with Crippen LogP contribution in [0.5, 0.6) is 0 Å². The Labute approximate surface area is 114 Å². The largest absolute Gasteiger partial charge is 0.309 e. The maximum atomic E-state index is 13.2. The Hall–Kier alpha value is -1.40. The second-order valence-corrected chi connectivity index (χ2v) is 5.10. The molecule has 0 spiro atoms. The van der Waals surface area contributed by atoms with E-state index < -0.39 is 11.6 Å². The molecule has 6 heteroatoms. The summed E-state index contributed by atoms with van der Waals surface area (Å²) in [5.74, 6) is -1.10. The molecule has 102 valence electrons.